The summed E-state index contributed by atoms with van der Waals surface area (Å²) in [6, 6.07) is 10.8. The van der Waals surface area contributed by atoms with E-state index in [1.54, 1.807) is 42.5 Å². The Morgan fingerprint density at radius 3 is 2.05 bits per heavy atom. The molecule has 0 saturated carbocycles. The van der Waals surface area contributed by atoms with Gasteiger partial charge in [0.15, 0.2) is 12.6 Å². The van der Waals surface area contributed by atoms with Gasteiger partial charge in [-0.2, -0.15) is 0 Å². The van der Waals surface area contributed by atoms with Crippen molar-refractivity contribution in [3.63, 3.8) is 0 Å². The standard InChI is InChI=1S/C35H49N5O16/c36-19(10-17-6-8-18(42)9-7-17)32(50)38-12-24(43)39-20(11-16-4-2-1-3-5-16)33(51)40-21(31(37)49)14-53-15-23-25(44)26(45)29(48)35(55-23)56-30-22(13-41)54-34(52)28(47)27(30)46/h1-9,19-23,25-30,34-35,41-42,44-48,52H,10-15,36H2,(H2,37,49)(H,38,50)(H,39,43)(H,40,51)/t19-,20-,21-,22+,23+,25-,26-,27+,28+,29+,30+,34-,35-/m0/s1. The maximum atomic E-state index is 13.5. The summed E-state index contributed by atoms with van der Waals surface area (Å²) < 4.78 is 21.6. The minimum absolute atomic E-state index is 0.0436. The molecular formula is C35H49N5O16. The quantitative estimate of drug-likeness (QED) is 0.0667. The van der Waals surface area contributed by atoms with E-state index >= 15 is 0 Å². The number of amides is 4. The maximum Gasteiger partial charge on any atom is 0.243 e. The highest BCUT2D eigenvalue weighted by Crippen LogP contribution is 2.29. The van der Waals surface area contributed by atoms with Gasteiger partial charge in [0.25, 0.3) is 0 Å². The molecule has 13 atom stereocenters. The third-order valence-electron chi connectivity index (χ3n) is 9.11. The maximum absolute atomic E-state index is 13.5. The van der Waals surface area contributed by atoms with E-state index in [1.165, 1.54) is 12.1 Å². The van der Waals surface area contributed by atoms with E-state index in [9.17, 15) is 60.0 Å². The third-order valence-corrected chi connectivity index (χ3v) is 9.11. The highest BCUT2D eigenvalue weighted by Gasteiger charge is 2.50. The molecule has 0 aliphatic carbocycles. The average Bonchev–Trinajstić information content (AvgIpc) is 3.17. The van der Waals surface area contributed by atoms with Crippen LogP contribution in [0.15, 0.2) is 54.6 Å². The van der Waals surface area contributed by atoms with Gasteiger partial charge in [0, 0.05) is 6.42 Å². The molecule has 2 aromatic carbocycles. The Morgan fingerprint density at radius 1 is 0.750 bits per heavy atom. The Labute approximate surface area is 320 Å². The van der Waals surface area contributed by atoms with Crippen molar-refractivity contribution >= 4 is 23.6 Å². The van der Waals surface area contributed by atoms with Gasteiger partial charge in [-0.25, -0.2) is 0 Å². The number of carbonyl (C=O) groups is 4. The number of hydrogen-bond donors (Lipinski definition) is 13. The fourth-order valence-corrected chi connectivity index (χ4v) is 5.91. The van der Waals surface area contributed by atoms with Crippen molar-refractivity contribution in [3.8, 4) is 5.75 Å². The molecular weight excluding hydrogens is 746 g/mol. The number of phenols is 1. The van der Waals surface area contributed by atoms with Crippen molar-refractivity contribution in [2.45, 2.75) is 92.4 Å². The van der Waals surface area contributed by atoms with Crippen molar-refractivity contribution < 1.29 is 79.0 Å². The molecule has 4 amide bonds. The first-order valence-corrected chi connectivity index (χ1v) is 17.6. The fraction of sp³-hybridized carbons (Fsp3) is 0.543. The van der Waals surface area contributed by atoms with Crippen molar-refractivity contribution in [2.24, 2.45) is 11.5 Å². The Balaban J connectivity index is 1.34. The number of nitrogens with one attached hydrogen (secondary N) is 3. The topological polar surface area (TPSA) is 355 Å². The van der Waals surface area contributed by atoms with Crippen LogP contribution in [0.3, 0.4) is 0 Å². The van der Waals surface area contributed by atoms with E-state index in [4.69, 9.17) is 30.4 Å². The van der Waals surface area contributed by atoms with E-state index in [0.29, 0.717) is 11.1 Å². The first kappa shape index (κ1) is 44.4. The van der Waals surface area contributed by atoms with E-state index in [0.717, 1.165) is 0 Å². The van der Waals surface area contributed by atoms with Crippen LogP contribution in [0.25, 0.3) is 0 Å². The molecule has 0 radical (unpaired) electrons. The average molecular weight is 796 g/mol. The van der Waals surface area contributed by atoms with Crippen molar-refractivity contribution in [3.05, 3.63) is 65.7 Å². The van der Waals surface area contributed by atoms with Crippen LogP contribution < -0.4 is 27.4 Å². The smallest absolute Gasteiger partial charge is 0.243 e. The molecule has 0 bridgehead atoms. The molecule has 21 nitrogen and oxygen atoms in total. The van der Waals surface area contributed by atoms with Crippen molar-refractivity contribution in [1.82, 2.24) is 16.0 Å². The van der Waals surface area contributed by atoms with Crippen molar-refractivity contribution in [1.29, 1.82) is 0 Å². The lowest BCUT2D eigenvalue weighted by molar-refractivity contribution is -0.355. The van der Waals surface area contributed by atoms with E-state index < -0.39 is 130 Å². The molecule has 0 unspecified atom stereocenters. The van der Waals surface area contributed by atoms with E-state index in [1.807, 2.05) is 0 Å². The van der Waals surface area contributed by atoms with Gasteiger partial charge in [-0.15, -0.1) is 0 Å². The number of hydrogen-bond acceptors (Lipinski definition) is 17. The highest BCUT2D eigenvalue weighted by molar-refractivity contribution is 5.93. The molecule has 2 aliphatic rings. The second-order valence-corrected chi connectivity index (χ2v) is 13.3. The summed E-state index contributed by atoms with van der Waals surface area (Å²) in [6.45, 7) is -2.53. The lowest BCUT2D eigenvalue weighted by atomic mass is 9.97. The minimum Gasteiger partial charge on any atom is -0.508 e. The molecule has 15 N–H and O–H groups in total. The Hall–Kier alpha value is -4.36. The fourth-order valence-electron chi connectivity index (χ4n) is 5.91. The van der Waals surface area contributed by atoms with Crippen molar-refractivity contribution in [2.75, 3.05) is 26.4 Å². The second-order valence-electron chi connectivity index (χ2n) is 13.3. The van der Waals surface area contributed by atoms with Gasteiger partial charge < -0.3 is 87.2 Å². The van der Waals surface area contributed by atoms with Gasteiger partial charge in [0.05, 0.1) is 32.4 Å². The van der Waals surface area contributed by atoms with Gasteiger partial charge in [-0.05, 0) is 29.7 Å². The summed E-state index contributed by atoms with van der Waals surface area (Å²) in [4.78, 5) is 51.4. The number of rotatable bonds is 18. The number of nitrogens with two attached hydrogens (primary N) is 2. The number of aliphatic hydroxyl groups is 7. The SMILES string of the molecule is NC(=O)[C@H](COC[C@H]1O[C@@H](O[C@H]2[C@H](O)[C@@H](O)[C@@H](O)O[C@@H]2CO)[C@H](O)[C@@H](O)[C@H]1O)NC(=O)[C@H](Cc1ccccc1)NC(=O)CNC(=O)[C@@H](N)Cc1ccc(O)cc1. The zero-order valence-corrected chi connectivity index (χ0v) is 29.9. The molecule has 2 aliphatic heterocycles. The van der Waals surface area contributed by atoms with Crippen LogP contribution in [0.1, 0.15) is 11.1 Å². The first-order chi connectivity index (χ1) is 26.6. The molecule has 4 rings (SSSR count). The summed E-state index contributed by atoms with van der Waals surface area (Å²) in [5.41, 5.74) is 12.8. The number of ether oxygens (including phenoxy) is 4. The molecule has 310 valence electrons. The molecule has 0 spiro atoms. The summed E-state index contributed by atoms with van der Waals surface area (Å²) in [6.07, 6.45) is -17.3. The Kier molecular flexibility index (Phi) is 16.4. The largest absolute Gasteiger partial charge is 0.508 e. The number of aromatic hydroxyl groups is 1. The van der Waals surface area contributed by atoms with Crippen LogP contribution in [-0.4, -0.2) is 170 Å². The van der Waals surface area contributed by atoms with Crippen LogP contribution in [0.5, 0.6) is 5.75 Å². The summed E-state index contributed by atoms with van der Waals surface area (Å²) in [5, 5.41) is 88.1. The highest BCUT2D eigenvalue weighted by atomic mass is 16.7. The Morgan fingerprint density at radius 2 is 1.41 bits per heavy atom. The summed E-state index contributed by atoms with van der Waals surface area (Å²) in [5.74, 6) is -3.28. The first-order valence-electron chi connectivity index (χ1n) is 17.6. The molecule has 56 heavy (non-hydrogen) atoms. The summed E-state index contributed by atoms with van der Waals surface area (Å²) in [7, 11) is 0. The number of primary amides is 1. The van der Waals surface area contributed by atoms with E-state index in [2.05, 4.69) is 16.0 Å². The lowest BCUT2D eigenvalue weighted by Crippen LogP contribution is -2.64. The zero-order chi connectivity index (χ0) is 41.1. The minimum atomic E-state index is -1.92. The number of aliphatic hydroxyl groups excluding tert-OH is 7. The van der Waals surface area contributed by atoms with Crippen LogP contribution >= 0.6 is 0 Å². The molecule has 2 aromatic rings. The third kappa shape index (κ3) is 12.1. The zero-order valence-electron chi connectivity index (χ0n) is 29.9. The van der Waals surface area contributed by atoms with E-state index in [-0.39, 0.29) is 18.6 Å². The van der Waals surface area contributed by atoms with Crippen LogP contribution in [0, 0.1) is 0 Å². The Bertz CT molecular complexity index is 1590. The van der Waals surface area contributed by atoms with Gasteiger partial charge in [0.1, 0.15) is 66.7 Å². The predicted octanol–water partition coefficient (Wildman–Crippen LogP) is -6.28. The van der Waals surface area contributed by atoms with Gasteiger partial charge >= 0.3 is 0 Å². The monoisotopic (exact) mass is 795 g/mol. The number of phenolic OH excluding ortho intramolecular Hbond substituents is 1. The number of carbonyl (C=O) groups excluding carboxylic acids is 4. The van der Waals surface area contributed by atoms with Gasteiger partial charge in [0.2, 0.25) is 23.6 Å². The lowest BCUT2D eigenvalue weighted by Gasteiger charge is -2.45. The number of benzene rings is 2. The summed E-state index contributed by atoms with van der Waals surface area (Å²) >= 11 is 0. The molecule has 2 saturated heterocycles. The molecule has 0 aromatic heterocycles. The van der Waals surface area contributed by atoms with Crippen LogP contribution in [0.4, 0.5) is 0 Å². The van der Waals surface area contributed by atoms with Gasteiger partial charge in [-0.1, -0.05) is 42.5 Å². The van der Waals surface area contributed by atoms with Crippen LogP contribution in [0.2, 0.25) is 0 Å². The predicted molar refractivity (Wildman–Crippen MR) is 188 cm³/mol. The normalized spacial score (nSPS) is 29.4. The molecule has 2 fully saturated rings. The second kappa shape index (κ2) is 20.7. The van der Waals surface area contributed by atoms with Gasteiger partial charge in [-0.3, -0.25) is 19.2 Å². The molecule has 2 heterocycles. The molecule has 21 heteroatoms. The van der Waals surface area contributed by atoms with Crippen LogP contribution in [-0.2, 0) is 51.0 Å².